The minimum Gasteiger partial charge on any atom is -0.475 e. The van der Waals surface area contributed by atoms with Gasteiger partial charge in [0.15, 0.2) is 5.69 Å². The van der Waals surface area contributed by atoms with Crippen molar-refractivity contribution in [2.45, 2.75) is 20.3 Å². The van der Waals surface area contributed by atoms with Crippen molar-refractivity contribution in [2.24, 2.45) is 5.92 Å². The number of fused-ring (bicyclic) bond motifs is 1. The number of imidazole rings is 1. The van der Waals surface area contributed by atoms with Crippen molar-refractivity contribution in [3.05, 3.63) is 102 Å². The zero-order valence-electron chi connectivity index (χ0n) is 21.6. The Balaban J connectivity index is 1.59. The van der Waals surface area contributed by atoms with Crippen molar-refractivity contribution in [1.82, 2.24) is 19.7 Å². The lowest BCUT2D eigenvalue weighted by Crippen LogP contribution is -2.16. The number of benzene rings is 3. The lowest BCUT2D eigenvalue weighted by Gasteiger charge is -2.17. The van der Waals surface area contributed by atoms with Crippen molar-refractivity contribution < 1.29 is 4.74 Å². The summed E-state index contributed by atoms with van der Waals surface area (Å²) in [6, 6.07) is 24.5. The third-order valence-corrected chi connectivity index (χ3v) is 7.14. The average molecular weight is 500 g/mol. The molecule has 0 bridgehead atoms. The molecule has 1 aliphatic heterocycles. The molecule has 3 heterocycles. The van der Waals surface area contributed by atoms with Gasteiger partial charge in [-0.15, -0.1) is 0 Å². The van der Waals surface area contributed by atoms with E-state index in [1.807, 2.05) is 24.3 Å². The molecule has 1 saturated heterocycles. The molecule has 188 valence electrons. The zero-order valence-corrected chi connectivity index (χ0v) is 21.6. The molecular formula is C32H29N5O. The van der Waals surface area contributed by atoms with Crippen LogP contribution < -0.4 is 10.1 Å². The molecule has 6 rings (SSSR count). The summed E-state index contributed by atoms with van der Waals surface area (Å²) in [5.74, 6) is 0.969. The summed E-state index contributed by atoms with van der Waals surface area (Å²) in [4.78, 5) is 13.7. The largest absolute Gasteiger partial charge is 0.475 e. The minimum absolute atomic E-state index is 0.446. The molecular weight excluding hydrogens is 470 g/mol. The van der Waals surface area contributed by atoms with Crippen LogP contribution in [-0.2, 0) is 0 Å². The van der Waals surface area contributed by atoms with E-state index < -0.39 is 0 Å². The summed E-state index contributed by atoms with van der Waals surface area (Å²) < 4.78 is 8.52. The summed E-state index contributed by atoms with van der Waals surface area (Å²) in [5, 5.41) is 3.41. The molecule has 2 aromatic heterocycles. The highest BCUT2D eigenvalue weighted by Crippen LogP contribution is 2.37. The van der Waals surface area contributed by atoms with E-state index >= 15 is 0 Å². The van der Waals surface area contributed by atoms with Gasteiger partial charge in [0.25, 0.3) is 5.88 Å². The molecule has 1 fully saturated rings. The van der Waals surface area contributed by atoms with Gasteiger partial charge in [-0.2, -0.15) is 0 Å². The molecule has 0 amide bonds. The van der Waals surface area contributed by atoms with E-state index in [9.17, 15) is 0 Å². The predicted molar refractivity (Wildman–Crippen MR) is 152 cm³/mol. The van der Waals surface area contributed by atoms with Crippen molar-refractivity contribution >= 4 is 11.3 Å². The second kappa shape index (κ2) is 10.1. The van der Waals surface area contributed by atoms with Crippen molar-refractivity contribution in [3.63, 3.8) is 0 Å². The first-order chi connectivity index (χ1) is 18.6. The van der Waals surface area contributed by atoms with E-state index in [-0.39, 0.29) is 0 Å². The van der Waals surface area contributed by atoms with Gasteiger partial charge in [-0.25, -0.2) is 14.8 Å². The fraction of sp³-hybridized carbons (Fsp3) is 0.219. The van der Waals surface area contributed by atoms with Gasteiger partial charge in [-0.3, -0.25) is 4.40 Å². The van der Waals surface area contributed by atoms with E-state index in [4.69, 9.17) is 21.3 Å². The van der Waals surface area contributed by atoms with E-state index in [2.05, 4.69) is 83.1 Å². The Bertz CT molecular complexity index is 1620. The van der Waals surface area contributed by atoms with Crippen LogP contribution in [0, 0.1) is 26.3 Å². The number of rotatable bonds is 6. The number of hydrogen-bond donors (Lipinski definition) is 1. The van der Waals surface area contributed by atoms with Crippen LogP contribution in [0.2, 0.25) is 0 Å². The van der Waals surface area contributed by atoms with E-state index in [1.54, 1.807) is 0 Å². The highest BCUT2D eigenvalue weighted by Gasteiger charge is 2.23. The highest BCUT2D eigenvalue weighted by atomic mass is 16.5. The van der Waals surface area contributed by atoms with Crippen molar-refractivity contribution in [1.29, 1.82) is 0 Å². The van der Waals surface area contributed by atoms with Gasteiger partial charge >= 0.3 is 0 Å². The van der Waals surface area contributed by atoms with Crippen LogP contribution in [0.5, 0.6) is 5.88 Å². The fourth-order valence-corrected chi connectivity index (χ4v) is 4.92. The number of hydrogen-bond acceptors (Lipinski definition) is 4. The van der Waals surface area contributed by atoms with Crippen LogP contribution >= 0.6 is 0 Å². The molecule has 6 nitrogen and oxygen atoms in total. The van der Waals surface area contributed by atoms with Gasteiger partial charge in [-0.1, -0.05) is 83.9 Å². The van der Waals surface area contributed by atoms with E-state index in [0.29, 0.717) is 29.7 Å². The van der Waals surface area contributed by atoms with Gasteiger partial charge in [0, 0.05) is 29.8 Å². The lowest BCUT2D eigenvalue weighted by atomic mass is 10.0. The topological polar surface area (TPSA) is 55.8 Å². The third-order valence-electron chi connectivity index (χ3n) is 7.14. The SMILES string of the molecule is [C-]#[N+]c1ccc(-c2nc(OC[C@@H]3CCNC3)c3nc(-c4ccc(C)cc4)cn3c2-c2ccc(C)cc2)cc1. The van der Waals surface area contributed by atoms with Crippen LogP contribution in [0.3, 0.4) is 0 Å². The van der Waals surface area contributed by atoms with Crippen LogP contribution in [-0.4, -0.2) is 34.1 Å². The average Bonchev–Trinajstić information content (AvgIpc) is 3.63. The Morgan fingerprint density at radius 3 is 2.18 bits per heavy atom. The Morgan fingerprint density at radius 1 is 0.895 bits per heavy atom. The minimum atomic E-state index is 0.446. The molecule has 38 heavy (non-hydrogen) atoms. The Hall–Kier alpha value is -4.47. The second-order valence-corrected chi connectivity index (χ2v) is 9.99. The van der Waals surface area contributed by atoms with Crippen LogP contribution in [0.15, 0.2) is 79.0 Å². The first-order valence-corrected chi connectivity index (χ1v) is 13.0. The molecule has 0 aliphatic carbocycles. The monoisotopic (exact) mass is 499 g/mol. The summed E-state index contributed by atoms with van der Waals surface area (Å²) in [6.07, 6.45) is 3.17. The number of ether oxygens (including phenoxy) is 1. The molecule has 6 heteroatoms. The predicted octanol–water partition coefficient (Wildman–Crippen LogP) is 6.89. The second-order valence-electron chi connectivity index (χ2n) is 9.99. The maximum atomic E-state index is 7.36. The zero-order chi connectivity index (χ0) is 26.1. The summed E-state index contributed by atoms with van der Waals surface area (Å²) in [6.45, 7) is 14.1. The van der Waals surface area contributed by atoms with Gasteiger partial charge in [0.05, 0.1) is 30.3 Å². The van der Waals surface area contributed by atoms with Gasteiger partial charge < -0.3 is 10.1 Å². The first kappa shape index (κ1) is 23.9. The molecule has 0 unspecified atom stereocenters. The smallest absolute Gasteiger partial charge is 0.259 e. The summed E-state index contributed by atoms with van der Waals surface area (Å²) in [7, 11) is 0. The number of nitrogens with zero attached hydrogens (tertiary/aromatic N) is 4. The molecule has 0 spiro atoms. The number of nitrogens with one attached hydrogen (secondary N) is 1. The van der Waals surface area contributed by atoms with Gasteiger partial charge in [0.1, 0.15) is 0 Å². The molecule has 1 aliphatic rings. The van der Waals surface area contributed by atoms with Gasteiger partial charge in [-0.05, 0) is 32.4 Å². The van der Waals surface area contributed by atoms with Gasteiger partial charge in [0.2, 0.25) is 5.65 Å². The lowest BCUT2D eigenvalue weighted by molar-refractivity contribution is 0.253. The first-order valence-electron chi connectivity index (χ1n) is 13.0. The standard InChI is InChI=1S/C32H29N5O/c1-21-4-8-24(9-5-21)28-19-37-30(26-10-6-22(2)7-11-26)29(25-12-14-27(33-3)15-13-25)36-32(31(37)35-28)38-20-23-16-17-34-18-23/h4-15,19,23,34H,16-18,20H2,1-2H3/t23-/m1/s1. The quantitative estimate of drug-likeness (QED) is 0.259. The van der Waals surface area contributed by atoms with E-state index in [1.165, 1.54) is 11.1 Å². The third kappa shape index (κ3) is 4.65. The summed E-state index contributed by atoms with van der Waals surface area (Å²) >= 11 is 0. The normalized spacial score (nSPS) is 15.0. The number of aromatic nitrogens is 3. The molecule has 3 aromatic carbocycles. The molecule has 1 atom stereocenters. The molecule has 0 saturated carbocycles. The Kier molecular flexibility index (Phi) is 6.36. The fourth-order valence-electron chi connectivity index (χ4n) is 4.92. The maximum Gasteiger partial charge on any atom is 0.259 e. The summed E-state index contributed by atoms with van der Waals surface area (Å²) in [5.41, 5.74) is 9.31. The van der Waals surface area contributed by atoms with Crippen LogP contribution in [0.25, 0.3) is 44.3 Å². The maximum absolute atomic E-state index is 7.36. The molecule has 0 radical (unpaired) electrons. The Labute approximate surface area is 222 Å². The van der Waals surface area contributed by atoms with Crippen LogP contribution in [0.4, 0.5) is 5.69 Å². The van der Waals surface area contributed by atoms with E-state index in [0.717, 1.165) is 53.3 Å². The van der Waals surface area contributed by atoms with Crippen molar-refractivity contribution in [3.8, 4) is 39.7 Å². The van der Waals surface area contributed by atoms with Crippen molar-refractivity contribution in [2.75, 3.05) is 19.7 Å². The number of aryl methyl sites for hydroxylation is 2. The molecule has 5 aromatic rings. The molecule has 1 N–H and O–H groups in total. The Morgan fingerprint density at radius 2 is 1.55 bits per heavy atom. The van der Waals surface area contributed by atoms with Crippen LogP contribution in [0.1, 0.15) is 17.5 Å². The highest BCUT2D eigenvalue weighted by molar-refractivity contribution is 5.83.